The van der Waals surface area contributed by atoms with Gasteiger partial charge >= 0.3 is 5.97 Å². The zero-order chi connectivity index (χ0) is 22.2. The number of carbonyl (C=O) groups excluding carboxylic acids is 2. The van der Waals surface area contributed by atoms with Crippen LogP contribution in [0.2, 0.25) is 0 Å². The minimum atomic E-state index is -3.98. The van der Waals surface area contributed by atoms with E-state index in [1.54, 1.807) is 24.3 Å². The molecule has 0 unspecified atom stereocenters. The number of rotatable bonds is 7. The van der Waals surface area contributed by atoms with Gasteiger partial charge in [0.15, 0.2) is 0 Å². The van der Waals surface area contributed by atoms with Crippen molar-refractivity contribution in [2.45, 2.75) is 11.3 Å². The van der Waals surface area contributed by atoms with Crippen molar-refractivity contribution in [1.82, 2.24) is 15.1 Å². The molecule has 2 heterocycles. The summed E-state index contributed by atoms with van der Waals surface area (Å²) in [5.41, 5.74) is 0.671. The van der Waals surface area contributed by atoms with E-state index in [9.17, 15) is 22.8 Å². The lowest BCUT2D eigenvalue weighted by Crippen LogP contribution is -2.31. The first-order valence-electron chi connectivity index (χ1n) is 8.90. The Balaban J connectivity index is 1.41. The topological polar surface area (TPSA) is 147 Å². The second-order valence-corrected chi connectivity index (χ2v) is 9.24. The zero-order valence-corrected chi connectivity index (χ0v) is 17.3. The number of carboxylic acid groups (broad SMARTS) is 1. The van der Waals surface area contributed by atoms with Gasteiger partial charge in [0.2, 0.25) is 5.13 Å². The van der Waals surface area contributed by atoms with Gasteiger partial charge in [0.05, 0.1) is 21.6 Å². The Morgan fingerprint density at radius 2 is 1.61 bits per heavy atom. The van der Waals surface area contributed by atoms with Crippen LogP contribution < -0.4 is 4.72 Å². The van der Waals surface area contributed by atoms with Crippen LogP contribution in [0.1, 0.15) is 36.1 Å². The number of aromatic nitrogens is 2. The summed E-state index contributed by atoms with van der Waals surface area (Å²) in [7, 11) is -3.98. The Hall–Kier alpha value is -3.64. The highest BCUT2D eigenvalue weighted by molar-refractivity contribution is 7.93. The van der Waals surface area contributed by atoms with E-state index in [1.807, 2.05) is 0 Å². The molecule has 1 aliphatic heterocycles. The van der Waals surface area contributed by atoms with Crippen molar-refractivity contribution in [2.24, 2.45) is 0 Å². The van der Waals surface area contributed by atoms with Gasteiger partial charge in [0.1, 0.15) is 5.01 Å². The third-order valence-corrected chi connectivity index (χ3v) is 6.91. The van der Waals surface area contributed by atoms with E-state index >= 15 is 0 Å². The number of hydrogen-bond acceptors (Lipinski definition) is 8. The highest BCUT2D eigenvalue weighted by atomic mass is 32.2. The van der Waals surface area contributed by atoms with Crippen LogP contribution in [-0.2, 0) is 16.4 Å². The highest BCUT2D eigenvalue weighted by Crippen LogP contribution is 2.24. The molecule has 0 fully saturated rings. The summed E-state index contributed by atoms with van der Waals surface area (Å²) in [6, 6.07) is 11.3. The monoisotopic (exact) mass is 458 g/mol. The summed E-state index contributed by atoms with van der Waals surface area (Å²) < 4.78 is 27.2. The Labute approximate surface area is 180 Å². The minimum Gasteiger partial charge on any atom is -0.478 e. The molecule has 0 bridgehead atoms. The van der Waals surface area contributed by atoms with Crippen molar-refractivity contribution in [3.63, 3.8) is 0 Å². The van der Waals surface area contributed by atoms with Gasteiger partial charge in [-0.1, -0.05) is 23.5 Å². The molecule has 2 aromatic carbocycles. The fraction of sp³-hybridized carbons (Fsp3) is 0.105. The van der Waals surface area contributed by atoms with E-state index < -0.39 is 16.0 Å². The molecule has 1 aromatic heterocycles. The summed E-state index contributed by atoms with van der Waals surface area (Å²) in [5.74, 6) is -1.92. The number of aromatic carboxylic acids is 1. The first kappa shape index (κ1) is 20.6. The van der Waals surface area contributed by atoms with Crippen LogP contribution in [0.5, 0.6) is 0 Å². The lowest BCUT2D eigenvalue weighted by Gasteiger charge is -2.12. The van der Waals surface area contributed by atoms with Crippen LogP contribution in [0, 0.1) is 0 Å². The third kappa shape index (κ3) is 4.02. The van der Waals surface area contributed by atoms with Crippen molar-refractivity contribution in [3.05, 3.63) is 70.2 Å². The molecular formula is C19H14N4O6S2. The molecule has 0 saturated carbocycles. The molecule has 0 saturated heterocycles. The third-order valence-electron chi connectivity index (χ3n) is 4.53. The molecule has 0 spiro atoms. The molecule has 0 radical (unpaired) electrons. The molecular weight excluding hydrogens is 444 g/mol. The van der Waals surface area contributed by atoms with E-state index in [0.717, 1.165) is 16.2 Å². The van der Waals surface area contributed by atoms with E-state index in [-0.39, 0.29) is 40.4 Å². The fourth-order valence-electron chi connectivity index (χ4n) is 3.00. The Bertz CT molecular complexity index is 1270. The molecule has 1 aliphatic rings. The minimum absolute atomic E-state index is 0.0136. The SMILES string of the molecule is O=C(O)c1ccc(S(=O)(=O)Nc2nnc(CCN3C(=O)c4ccccc4C3=O)s2)cc1. The number of benzene rings is 2. The van der Waals surface area contributed by atoms with Crippen molar-refractivity contribution in [1.29, 1.82) is 0 Å². The van der Waals surface area contributed by atoms with Gasteiger partial charge in [-0.05, 0) is 36.4 Å². The summed E-state index contributed by atoms with van der Waals surface area (Å²) in [5, 5.41) is 17.1. The van der Waals surface area contributed by atoms with E-state index in [2.05, 4.69) is 14.9 Å². The number of sulfonamides is 1. The summed E-state index contributed by atoms with van der Waals surface area (Å²) in [6.07, 6.45) is 0.220. The van der Waals surface area contributed by atoms with Gasteiger partial charge in [-0.2, -0.15) is 0 Å². The first-order chi connectivity index (χ1) is 14.8. The molecule has 2 amide bonds. The average molecular weight is 458 g/mol. The number of carboxylic acids is 1. The molecule has 2 N–H and O–H groups in total. The zero-order valence-electron chi connectivity index (χ0n) is 15.7. The predicted molar refractivity (Wildman–Crippen MR) is 110 cm³/mol. The Kier molecular flexibility index (Phi) is 5.25. The number of imide groups is 1. The standard InChI is InChI=1S/C19H14N4O6S2/c24-16-13-3-1-2-4-14(13)17(25)23(16)10-9-15-20-21-19(30-15)22-31(28,29)12-7-5-11(6-8-12)18(26)27/h1-8H,9-10H2,(H,21,22)(H,26,27). The normalized spacial score (nSPS) is 13.4. The van der Waals surface area contributed by atoms with Gasteiger partial charge in [0, 0.05) is 13.0 Å². The first-order valence-corrected chi connectivity index (χ1v) is 11.2. The van der Waals surface area contributed by atoms with Crippen molar-refractivity contribution >= 4 is 44.3 Å². The summed E-state index contributed by atoms with van der Waals surface area (Å²) >= 11 is 0.976. The van der Waals surface area contributed by atoms with Gasteiger partial charge in [-0.15, -0.1) is 10.2 Å². The predicted octanol–water partition coefficient (Wildman–Crippen LogP) is 1.88. The number of nitrogens with one attached hydrogen (secondary N) is 1. The van der Waals surface area contributed by atoms with Crippen LogP contribution in [0.4, 0.5) is 5.13 Å². The molecule has 31 heavy (non-hydrogen) atoms. The van der Waals surface area contributed by atoms with Gasteiger partial charge < -0.3 is 5.11 Å². The van der Waals surface area contributed by atoms with Crippen LogP contribution in [-0.4, -0.2) is 53.0 Å². The number of anilines is 1. The number of amides is 2. The largest absolute Gasteiger partial charge is 0.478 e. The number of nitrogens with zero attached hydrogens (tertiary/aromatic N) is 3. The smallest absolute Gasteiger partial charge is 0.335 e. The summed E-state index contributed by atoms with van der Waals surface area (Å²) in [4.78, 5) is 36.7. The quantitative estimate of drug-likeness (QED) is 0.510. The number of hydrogen-bond donors (Lipinski definition) is 2. The molecule has 3 aromatic rings. The van der Waals surface area contributed by atoms with E-state index in [1.165, 1.54) is 24.3 Å². The molecule has 0 atom stereocenters. The maximum Gasteiger partial charge on any atom is 0.335 e. The Morgan fingerprint density at radius 1 is 1.00 bits per heavy atom. The average Bonchev–Trinajstić information content (AvgIpc) is 3.29. The van der Waals surface area contributed by atoms with E-state index in [0.29, 0.717) is 16.1 Å². The second kappa shape index (κ2) is 7.89. The van der Waals surface area contributed by atoms with Crippen molar-refractivity contribution in [2.75, 3.05) is 11.3 Å². The van der Waals surface area contributed by atoms with Crippen molar-refractivity contribution < 1.29 is 27.9 Å². The maximum absolute atomic E-state index is 12.5. The van der Waals surface area contributed by atoms with Crippen LogP contribution in [0.3, 0.4) is 0 Å². The van der Waals surface area contributed by atoms with E-state index in [4.69, 9.17) is 5.11 Å². The molecule has 0 aliphatic carbocycles. The van der Waals surface area contributed by atoms with Gasteiger partial charge in [-0.3, -0.25) is 19.2 Å². The molecule has 12 heteroatoms. The lowest BCUT2D eigenvalue weighted by atomic mass is 10.1. The van der Waals surface area contributed by atoms with Gasteiger partial charge in [-0.25, -0.2) is 13.2 Å². The number of fused-ring (bicyclic) bond motifs is 1. The maximum atomic E-state index is 12.5. The fourth-order valence-corrected chi connectivity index (χ4v) is 4.95. The van der Waals surface area contributed by atoms with Gasteiger partial charge in [0.25, 0.3) is 21.8 Å². The van der Waals surface area contributed by atoms with Crippen LogP contribution in [0.15, 0.2) is 53.4 Å². The van der Waals surface area contributed by atoms with Crippen LogP contribution >= 0.6 is 11.3 Å². The highest BCUT2D eigenvalue weighted by Gasteiger charge is 2.34. The van der Waals surface area contributed by atoms with Crippen molar-refractivity contribution in [3.8, 4) is 0 Å². The summed E-state index contributed by atoms with van der Waals surface area (Å²) in [6.45, 7) is 0.0877. The molecule has 4 rings (SSSR count). The number of carbonyl (C=O) groups is 3. The van der Waals surface area contributed by atoms with Crippen LogP contribution in [0.25, 0.3) is 0 Å². The Morgan fingerprint density at radius 3 is 2.19 bits per heavy atom. The lowest BCUT2D eigenvalue weighted by molar-refractivity contribution is 0.0652. The second-order valence-electron chi connectivity index (χ2n) is 6.49. The molecule has 10 nitrogen and oxygen atoms in total. The molecule has 158 valence electrons.